The number of nitrogens with one attached hydrogen (secondary N) is 3. The number of hydrogen-bond donors (Lipinski definition) is 3. The highest BCUT2D eigenvalue weighted by molar-refractivity contribution is 8.32. The Kier molecular flexibility index (Phi) is 15.9. The van der Waals surface area contributed by atoms with E-state index in [0.29, 0.717) is 26.1 Å². The lowest BCUT2D eigenvalue weighted by molar-refractivity contribution is -0.123. The molecule has 0 saturated carbocycles. The van der Waals surface area contributed by atoms with Crippen molar-refractivity contribution < 1.29 is 23.9 Å². The number of benzene rings is 1. The van der Waals surface area contributed by atoms with Crippen LogP contribution in [0.15, 0.2) is 30.3 Å². The summed E-state index contributed by atoms with van der Waals surface area (Å²) in [5.74, 6) is 0.657. The van der Waals surface area contributed by atoms with Crippen LogP contribution in [0.3, 0.4) is 0 Å². The lowest BCUT2D eigenvalue weighted by Gasteiger charge is -2.25. The molecule has 0 spiro atoms. The third-order valence-corrected chi connectivity index (χ3v) is 7.23. The molecule has 3 N–H and O–H groups in total. The summed E-state index contributed by atoms with van der Waals surface area (Å²) in [6.45, 7) is 8.24. The second kappa shape index (κ2) is 18.0. The molecule has 218 valence electrons. The van der Waals surface area contributed by atoms with Gasteiger partial charge in [-0.25, -0.2) is 19.6 Å². The molecule has 0 unspecified atom stereocenters. The van der Waals surface area contributed by atoms with Crippen molar-refractivity contribution >= 4 is 28.1 Å². The summed E-state index contributed by atoms with van der Waals surface area (Å²) in [6, 6.07) is 8.93. The molecule has 1 aromatic carbocycles. The largest absolute Gasteiger partial charge is 0.449 e. The number of ether oxygens (including phenoxy) is 2. The van der Waals surface area contributed by atoms with E-state index in [2.05, 4.69) is 55.5 Å². The van der Waals surface area contributed by atoms with Crippen LogP contribution in [0.4, 0.5) is 9.59 Å². The first-order valence-electron chi connectivity index (χ1n) is 13.7. The van der Waals surface area contributed by atoms with Gasteiger partial charge in [0.2, 0.25) is 5.91 Å². The van der Waals surface area contributed by atoms with Crippen molar-refractivity contribution in [2.45, 2.75) is 78.4 Å². The van der Waals surface area contributed by atoms with E-state index in [9.17, 15) is 14.4 Å². The number of unbranched alkanes of at least 4 members (excludes halogenated alkanes) is 3. The third kappa shape index (κ3) is 18.8. The van der Waals surface area contributed by atoms with E-state index in [1.165, 1.54) is 0 Å². The summed E-state index contributed by atoms with van der Waals surface area (Å²) in [7, 11) is -0.752. The second-order valence-electron chi connectivity index (χ2n) is 11.8. The molecule has 0 radical (unpaired) electrons. The molecule has 3 amide bonds. The average Bonchev–Trinajstić information content (AvgIpc) is 2.83. The quantitative estimate of drug-likeness (QED) is 0.218. The molecule has 0 aromatic heterocycles. The summed E-state index contributed by atoms with van der Waals surface area (Å²) in [4.78, 5) is 36.9. The fourth-order valence-electron chi connectivity index (χ4n) is 3.57. The van der Waals surface area contributed by atoms with Gasteiger partial charge in [0.15, 0.2) is 0 Å². The van der Waals surface area contributed by atoms with Crippen molar-refractivity contribution in [2.24, 2.45) is 5.41 Å². The van der Waals surface area contributed by atoms with Gasteiger partial charge in [0.05, 0.1) is 0 Å². The van der Waals surface area contributed by atoms with Gasteiger partial charge in [-0.2, -0.15) is 0 Å². The molecule has 0 aliphatic heterocycles. The van der Waals surface area contributed by atoms with E-state index < -0.39 is 28.3 Å². The zero-order valence-electron chi connectivity index (χ0n) is 24.4. The topological polar surface area (TPSA) is 106 Å². The van der Waals surface area contributed by atoms with Gasteiger partial charge in [-0.3, -0.25) is 4.79 Å². The Morgan fingerprint density at radius 1 is 0.842 bits per heavy atom. The first kappa shape index (κ1) is 33.6. The molecular weight excluding hydrogens is 502 g/mol. The lowest BCUT2D eigenvalue weighted by atomic mass is 9.89. The van der Waals surface area contributed by atoms with E-state index in [4.69, 9.17) is 9.47 Å². The highest BCUT2D eigenvalue weighted by Crippen LogP contribution is 2.33. The van der Waals surface area contributed by atoms with Gasteiger partial charge >= 0.3 is 12.2 Å². The number of rotatable bonds is 17. The highest BCUT2D eigenvalue weighted by atomic mass is 32.3. The molecular formula is C29H51N3O5S. The van der Waals surface area contributed by atoms with Gasteiger partial charge in [-0.1, -0.05) is 63.9 Å². The first-order valence-corrected chi connectivity index (χ1v) is 16.7. The zero-order valence-corrected chi connectivity index (χ0v) is 25.2. The molecule has 9 heteroatoms. The Hall–Kier alpha value is -2.42. The number of alkyl carbamates (subject to hydrolysis) is 2. The van der Waals surface area contributed by atoms with Crippen LogP contribution in [0.25, 0.3) is 0 Å². The molecule has 1 rings (SSSR count). The average molecular weight is 554 g/mol. The Bertz CT molecular complexity index is 822. The van der Waals surface area contributed by atoms with Crippen LogP contribution in [-0.4, -0.2) is 68.4 Å². The third-order valence-electron chi connectivity index (χ3n) is 5.84. The minimum atomic E-state index is -0.752. The standard InChI is InChI=1S/C29H51N3O5S/c1-29(2,3)18-12-11-17-25(32-28(35)36-21-22-38(4,5)6)26(33)30-19-13-8-14-20-31-27(34)37-23-24-15-9-7-10-16-24/h7,9-10,15-16,25H,8,11-14,17-23H2,1-6H3,(H,30,33)(H,31,34)(H,32,35)/t25-/m0/s1. The maximum atomic E-state index is 12.8. The van der Waals surface area contributed by atoms with Gasteiger partial charge < -0.3 is 25.4 Å². The fourth-order valence-corrected chi connectivity index (χ4v) is 4.15. The van der Waals surface area contributed by atoms with Crippen molar-refractivity contribution in [3.05, 3.63) is 35.9 Å². The predicted molar refractivity (Wildman–Crippen MR) is 158 cm³/mol. The maximum absolute atomic E-state index is 12.8. The molecule has 0 saturated heterocycles. The van der Waals surface area contributed by atoms with Crippen molar-refractivity contribution in [3.63, 3.8) is 0 Å². The van der Waals surface area contributed by atoms with Crippen molar-refractivity contribution in [1.82, 2.24) is 16.0 Å². The van der Waals surface area contributed by atoms with Crippen molar-refractivity contribution in [2.75, 3.05) is 44.2 Å². The smallest absolute Gasteiger partial charge is 0.407 e. The van der Waals surface area contributed by atoms with Gasteiger partial charge in [-0.15, -0.1) is 0 Å². The first-order chi connectivity index (χ1) is 17.9. The summed E-state index contributed by atoms with van der Waals surface area (Å²) >= 11 is 0. The molecule has 8 nitrogen and oxygen atoms in total. The van der Waals surface area contributed by atoms with Crippen LogP contribution in [0.2, 0.25) is 0 Å². The van der Waals surface area contributed by atoms with Crippen molar-refractivity contribution in [3.8, 4) is 0 Å². The molecule has 0 bridgehead atoms. The SMILES string of the molecule is CC(C)(C)CCCC[C@H](NC(=O)OCCS(C)(C)C)C(=O)NCCCCCNC(=O)OCc1ccccc1. The maximum Gasteiger partial charge on any atom is 0.407 e. The van der Waals surface area contributed by atoms with E-state index in [-0.39, 0.29) is 17.9 Å². The molecule has 1 aromatic rings. The Labute approximate surface area is 231 Å². The van der Waals surface area contributed by atoms with Gasteiger partial charge in [-0.05, 0) is 61.8 Å². The minimum absolute atomic E-state index is 0.179. The lowest BCUT2D eigenvalue weighted by Crippen LogP contribution is -2.47. The van der Waals surface area contributed by atoms with E-state index in [1.807, 2.05) is 30.3 Å². The number of carbonyl (C=O) groups is 3. The monoisotopic (exact) mass is 553 g/mol. The summed E-state index contributed by atoms with van der Waals surface area (Å²) in [5.41, 5.74) is 1.19. The fraction of sp³-hybridized carbons (Fsp3) is 0.690. The number of amides is 3. The van der Waals surface area contributed by atoms with Gasteiger partial charge in [0.25, 0.3) is 0 Å². The van der Waals surface area contributed by atoms with Crippen LogP contribution < -0.4 is 16.0 Å². The normalized spacial score (nSPS) is 12.8. The van der Waals surface area contributed by atoms with Crippen LogP contribution in [0.1, 0.15) is 71.3 Å². The predicted octanol–water partition coefficient (Wildman–Crippen LogP) is 5.59. The summed E-state index contributed by atoms with van der Waals surface area (Å²) in [6.07, 6.45) is 11.5. The van der Waals surface area contributed by atoms with E-state index in [1.54, 1.807) is 0 Å². The van der Waals surface area contributed by atoms with E-state index >= 15 is 0 Å². The van der Waals surface area contributed by atoms with Gasteiger partial charge in [0, 0.05) is 18.8 Å². The van der Waals surface area contributed by atoms with E-state index in [0.717, 1.165) is 49.8 Å². The Balaban J connectivity index is 2.31. The van der Waals surface area contributed by atoms with Crippen LogP contribution >= 0.6 is 10.0 Å². The molecule has 0 aliphatic carbocycles. The summed E-state index contributed by atoms with van der Waals surface area (Å²) in [5, 5.41) is 8.47. The molecule has 0 fully saturated rings. The molecule has 38 heavy (non-hydrogen) atoms. The minimum Gasteiger partial charge on any atom is -0.449 e. The number of hydrogen-bond acceptors (Lipinski definition) is 5. The van der Waals surface area contributed by atoms with Crippen molar-refractivity contribution in [1.29, 1.82) is 0 Å². The second-order valence-corrected chi connectivity index (χ2v) is 16.4. The Morgan fingerprint density at radius 3 is 2.13 bits per heavy atom. The Morgan fingerprint density at radius 2 is 1.50 bits per heavy atom. The molecule has 1 atom stereocenters. The number of carbonyl (C=O) groups excluding carboxylic acids is 3. The zero-order chi connectivity index (χ0) is 28.4. The van der Waals surface area contributed by atoms with Crippen LogP contribution in [0.5, 0.6) is 0 Å². The molecule has 0 aliphatic rings. The summed E-state index contributed by atoms with van der Waals surface area (Å²) < 4.78 is 10.5. The van der Waals surface area contributed by atoms with Crippen LogP contribution in [-0.2, 0) is 20.9 Å². The molecule has 0 heterocycles. The highest BCUT2D eigenvalue weighted by Gasteiger charge is 2.21. The van der Waals surface area contributed by atoms with Gasteiger partial charge in [0.1, 0.15) is 19.3 Å². The van der Waals surface area contributed by atoms with Crippen LogP contribution in [0, 0.1) is 5.41 Å².